The number of hydroxylamine groups is 1. The minimum atomic E-state index is -0.274. The highest BCUT2D eigenvalue weighted by Crippen LogP contribution is 2.25. The maximum absolute atomic E-state index is 11.0. The molecule has 2 aromatic rings. The third-order valence-electron chi connectivity index (χ3n) is 2.52. The summed E-state index contributed by atoms with van der Waals surface area (Å²) in [5, 5.41) is 3.15. The molecule has 0 aliphatic rings. The third kappa shape index (κ3) is 3.66. The van der Waals surface area contributed by atoms with Crippen LogP contribution in [0, 0.1) is 0 Å². The van der Waals surface area contributed by atoms with Crippen molar-refractivity contribution >= 4 is 28.9 Å². The van der Waals surface area contributed by atoms with Gasteiger partial charge in [0.1, 0.15) is 5.76 Å². The summed E-state index contributed by atoms with van der Waals surface area (Å²) in [5.74, 6) is 0.519. The van der Waals surface area contributed by atoms with E-state index in [0.717, 1.165) is 5.56 Å². The van der Waals surface area contributed by atoms with E-state index in [4.69, 9.17) is 32.6 Å². The van der Waals surface area contributed by atoms with Gasteiger partial charge in [-0.25, -0.2) is 0 Å². The van der Waals surface area contributed by atoms with Crippen LogP contribution in [0.3, 0.4) is 0 Å². The Hall–Kier alpha value is -1.69. The van der Waals surface area contributed by atoms with Crippen molar-refractivity contribution in [2.24, 2.45) is 0 Å². The van der Waals surface area contributed by atoms with Crippen molar-refractivity contribution in [3.05, 3.63) is 62.1 Å². The number of nitrogens with one attached hydrogen (secondary N) is 2. The second kappa shape index (κ2) is 6.65. The van der Waals surface area contributed by atoms with Crippen molar-refractivity contribution in [1.82, 2.24) is 10.6 Å². The fraction of sp³-hybridized carbons (Fsp3) is 0.154. The van der Waals surface area contributed by atoms with E-state index in [1.165, 1.54) is 13.2 Å². The van der Waals surface area contributed by atoms with Crippen molar-refractivity contribution in [2.75, 3.05) is 7.11 Å². The molecule has 0 saturated heterocycles. The van der Waals surface area contributed by atoms with Crippen molar-refractivity contribution in [3.8, 4) is 0 Å². The van der Waals surface area contributed by atoms with Gasteiger partial charge in [-0.15, -0.1) is 0 Å². The zero-order valence-corrected chi connectivity index (χ0v) is 12.1. The smallest absolute Gasteiger partial charge is 0.280 e. The number of aromatic nitrogens is 1. The molecule has 1 aromatic carbocycles. The predicted octanol–water partition coefficient (Wildman–Crippen LogP) is 3.01. The second-order valence-corrected chi connectivity index (χ2v) is 4.75. The first kappa shape index (κ1) is 14.7. The molecule has 0 spiro atoms. The molecular weight excluding hydrogens is 303 g/mol. The average Bonchev–Trinajstić information content (AvgIpc) is 2.84. The van der Waals surface area contributed by atoms with Crippen molar-refractivity contribution in [3.63, 3.8) is 0 Å². The molecule has 7 heteroatoms. The van der Waals surface area contributed by atoms with Gasteiger partial charge in [0.15, 0.2) is 0 Å². The van der Waals surface area contributed by atoms with E-state index in [1.807, 2.05) is 6.08 Å². The van der Waals surface area contributed by atoms with E-state index >= 15 is 0 Å². The number of halogens is 2. The molecular formula is C13H12Cl2N2O3. The molecule has 0 saturated carbocycles. The minimum absolute atomic E-state index is 0.274. The summed E-state index contributed by atoms with van der Waals surface area (Å²) in [5.41, 5.74) is 3.97. The van der Waals surface area contributed by atoms with Gasteiger partial charge in [0.25, 0.3) is 5.56 Å². The topological polar surface area (TPSA) is 67.3 Å². The van der Waals surface area contributed by atoms with Crippen LogP contribution in [0.2, 0.25) is 10.0 Å². The molecule has 106 valence electrons. The Morgan fingerprint density at radius 1 is 1.40 bits per heavy atom. The molecule has 5 nitrogen and oxygen atoms in total. The number of aromatic amines is 1. The summed E-state index contributed by atoms with van der Waals surface area (Å²) >= 11 is 11.9. The monoisotopic (exact) mass is 314 g/mol. The average molecular weight is 315 g/mol. The lowest BCUT2D eigenvalue weighted by atomic mass is 10.1. The first-order valence-corrected chi connectivity index (χ1v) is 6.47. The Kier molecular flexibility index (Phi) is 4.89. The molecule has 0 bridgehead atoms. The molecule has 0 unspecified atom stereocenters. The van der Waals surface area contributed by atoms with Crippen LogP contribution in [0.15, 0.2) is 39.7 Å². The summed E-state index contributed by atoms with van der Waals surface area (Å²) in [7, 11) is 1.50. The molecule has 2 rings (SSSR count). The predicted molar refractivity (Wildman–Crippen MR) is 77.6 cm³/mol. The molecule has 1 aromatic heterocycles. The molecule has 0 atom stereocenters. The largest absolute Gasteiger partial charge is 0.383 e. The summed E-state index contributed by atoms with van der Waals surface area (Å²) in [6.07, 6.45) is 2.24. The Labute approximate surface area is 125 Å². The zero-order valence-electron chi connectivity index (χ0n) is 10.6. The SMILES string of the molecule is CON/C(=C\Cc1cc(=O)[nH]o1)c1ccc(Cl)c(Cl)c1. The van der Waals surface area contributed by atoms with Gasteiger partial charge in [-0.3, -0.25) is 15.1 Å². The summed E-state index contributed by atoms with van der Waals surface area (Å²) in [6, 6.07) is 6.60. The standard InChI is InChI=1S/C13H12Cl2N2O3/c1-19-16-12(5-3-9-7-13(18)17-20-9)8-2-4-10(14)11(15)6-8/h2,4-7,16H,3H2,1H3,(H,17,18)/b12-5-. The fourth-order valence-corrected chi connectivity index (χ4v) is 1.91. The van der Waals surface area contributed by atoms with E-state index in [0.29, 0.717) is 27.9 Å². The number of hydrogen-bond acceptors (Lipinski definition) is 4. The maximum Gasteiger partial charge on any atom is 0.280 e. The molecule has 0 aliphatic carbocycles. The van der Waals surface area contributed by atoms with Crippen molar-refractivity contribution in [1.29, 1.82) is 0 Å². The Morgan fingerprint density at radius 2 is 2.20 bits per heavy atom. The first-order chi connectivity index (χ1) is 9.60. The highest BCUT2D eigenvalue weighted by Gasteiger charge is 2.06. The zero-order chi connectivity index (χ0) is 14.5. The normalized spacial score (nSPS) is 11.7. The van der Waals surface area contributed by atoms with Gasteiger partial charge in [-0.2, -0.15) is 5.16 Å². The molecule has 0 fully saturated rings. The van der Waals surface area contributed by atoms with E-state index in [1.54, 1.807) is 18.2 Å². The van der Waals surface area contributed by atoms with Crippen molar-refractivity contribution < 1.29 is 9.36 Å². The maximum atomic E-state index is 11.0. The highest BCUT2D eigenvalue weighted by atomic mass is 35.5. The van der Waals surface area contributed by atoms with Crippen molar-refractivity contribution in [2.45, 2.75) is 6.42 Å². The van der Waals surface area contributed by atoms with Gasteiger partial charge in [-0.1, -0.05) is 35.3 Å². The summed E-state index contributed by atoms with van der Waals surface area (Å²) in [4.78, 5) is 15.9. The van der Waals surface area contributed by atoms with Gasteiger partial charge in [0, 0.05) is 18.1 Å². The van der Waals surface area contributed by atoms with Crippen LogP contribution in [-0.4, -0.2) is 12.3 Å². The third-order valence-corrected chi connectivity index (χ3v) is 3.26. The van der Waals surface area contributed by atoms with Crippen LogP contribution in [0.1, 0.15) is 11.3 Å². The minimum Gasteiger partial charge on any atom is -0.383 e. The number of H-pyrrole nitrogens is 1. The number of hydrogen-bond donors (Lipinski definition) is 2. The Bertz CT molecular complexity index is 676. The first-order valence-electron chi connectivity index (χ1n) is 5.72. The number of rotatable bonds is 5. The lowest BCUT2D eigenvalue weighted by Gasteiger charge is -2.09. The van der Waals surface area contributed by atoms with Gasteiger partial charge < -0.3 is 4.52 Å². The van der Waals surface area contributed by atoms with Crippen LogP contribution in [0.5, 0.6) is 0 Å². The fourth-order valence-electron chi connectivity index (χ4n) is 1.62. The molecule has 0 aliphatic heterocycles. The highest BCUT2D eigenvalue weighted by molar-refractivity contribution is 6.42. The molecule has 20 heavy (non-hydrogen) atoms. The lowest BCUT2D eigenvalue weighted by molar-refractivity contribution is 0.136. The molecule has 1 heterocycles. The van der Waals surface area contributed by atoms with Crippen LogP contribution in [-0.2, 0) is 11.3 Å². The van der Waals surface area contributed by atoms with Crippen LogP contribution >= 0.6 is 23.2 Å². The van der Waals surface area contributed by atoms with Gasteiger partial charge in [0.2, 0.25) is 0 Å². The van der Waals surface area contributed by atoms with Gasteiger partial charge in [0.05, 0.1) is 22.9 Å². The number of allylic oxidation sites excluding steroid dienone is 1. The molecule has 0 amide bonds. The number of benzene rings is 1. The second-order valence-electron chi connectivity index (χ2n) is 3.94. The molecule has 0 radical (unpaired) electrons. The summed E-state index contributed by atoms with van der Waals surface area (Å²) < 4.78 is 4.97. The Morgan fingerprint density at radius 3 is 2.80 bits per heavy atom. The molecule has 2 N–H and O–H groups in total. The van der Waals surface area contributed by atoms with E-state index in [-0.39, 0.29) is 5.56 Å². The Balaban J connectivity index is 2.25. The van der Waals surface area contributed by atoms with Crippen LogP contribution in [0.25, 0.3) is 5.70 Å². The lowest BCUT2D eigenvalue weighted by Crippen LogP contribution is -2.10. The van der Waals surface area contributed by atoms with E-state index in [2.05, 4.69) is 10.6 Å². The summed E-state index contributed by atoms with van der Waals surface area (Å²) in [6.45, 7) is 0. The van der Waals surface area contributed by atoms with Gasteiger partial charge in [-0.05, 0) is 12.1 Å². The van der Waals surface area contributed by atoms with Crippen LogP contribution < -0.4 is 11.0 Å². The quantitative estimate of drug-likeness (QED) is 0.832. The van der Waals surface area contributed by atoms with E-state index < -0.39 is 0 Å². The van der Waals surface area contributed by atoms with E-state index in [9.17, 15) is 4.79 Å². The van der Waals surface area contributed by atoms with Crippen LogP contribution in [0.4, 0.5) is 0 Å². The van der Waals surface area contributed by atoms with Gasteiger partial charge >= 0.3 is 0 Å².